The van der Waals surface area contributed by atoms with E-state index in [1.807, 2.05) is 30.3 Å². The maximum atomic E-state index is 10.1. The van der Waals surface area contributed by atoms with Gasteiger partial charge in [0, 0.05) is 24.6 Å². The minimum Gasteiger partial charge on any atom is -0.474 e. The van der Waals surface area contributed by atoms with Crippen LogP contribution in [-0.2, 0) is 11.3 Å². The molecule has 1 aromatic heterocycles. The molecule has 3 rings (SSSR count). The molecule has 5 heteroatoms. The molecule has 1 aromatic carbocycles. The van der Waals surface area contributed by atoms with Crippen molar-refractivity contribution in [3.63, 3.8) is 0 Å². The number of hydrogen-bond acceptors (Lipinski definition) is 5. The number of aliphatic hydroxyl groups excluding tert-OH is 1. The zero-order chi connectivity index (χ0) is 15.2. The van der Waals surface area contributed by atoms with Gasteiger partial charge in [-0.05, 0) is 12.0 Å². The normalized spacial score (nSPS) is 24.3. The van der Waals surface area contributed by atoms with Gasteiger partial charge in [0.25, 0.3) is 0 Å². The maximum Gasteiger partial charge on any atom is 0.216 e. The van der Waals surface area contributed by atoms with Gasteiger partial charge in [-0.1, -0.05) is 30.3 Å². The highest BCUT2D eigenvalue weighted by molar-refractivity contribution is 5.13. The lowest BCUT2D eigenvalue weighted by atomic mass is 10.1. The summed E-state index contributed by atoms with van der Waals surface area (Å²) >= 11 is 0. The van der Waals surface area contributed by atoms with Crippen molar-refractivity contribution >= 4 is 0 Å². The van der Waals surface area contributed by atoms with Crippen LogP contribution in [-0.4, -0.2) is 33.9 Å². The molecule has 3 atom stereocenters. The SMILES string of the molecule is O[C@H]1C[C@H](Oc2ccncn2)C[C@@H]1COCc1ccccc1. The van der Waals surface area contributed by atoms with Gasteiger partial charge in [-0.3, -0.25) is 0 Å². The molecule has 0 unspecified atom stereocenters. The molecule has 1 fully saturated rings. The van der Waals surface area contributed by atoms with Gasteiger partial charge in [0.2, 0.25) is 5.88 Å². The Labute approximate surface area is 129 Å². The highest BCUT2D eigenvalue weighted by Crippen LogP contribution is 2.29. The minimum atomic E-state index is -0.386. The molecule has 0 saturated heterocycles. The van der Waals surface area contributed by atoms with Crippen molar-refractivity contribution < 1.29 is 14.6 Å². The van der Waals surface area contributed by atoms with Crippen molar-refractivity contribution in [3.05, 3.63) is 54.5 Å². The Balaban J connectivity index is 1.45. The summed E-state index contributed by atoms with van der Waals surface area (Å²) in [5.74, 6) is 0.661. The zero-order valence-electron chi connectivity index (χ0n) is 12.3. The van der Waals surface area contributed by atoms with E-state index < -0.39 is 0 Å². The van der Waals surface area contributed by atoms with Crippen molar-refractivity contribution in [3.8, 4) is 5.88 Å². The molecule has 0 amide bonds. The Morgan fingerprint density at radius 3 is 2.77 bits per heavy atom. The lowest BCUT2D eigenvalue weighted by molar-refractivity contribution is 0.0367. The van der Waals surface area contributed by atoms with Gasteiger partial charge in [0.05, 0.1) is 19.3 Å². The van der Waals surface area contributed by atoms with Crippen molar-refractivity contribution in [2.75, 3.05) is 6.61 Å². The first-order chi connectivity index (χ1) is 10.8. The molecule has 1 saturated carbocycles. The second kappa shape index (κ2) is 7.33. The number of rotatable bonds is 6. The van der Waals surface area contributed by atoms with Gasteiger partial charge in [0.15, 0.2) is 0 Å². The van der Waals surface area contributed by atoms with Crippen LogP contribution >= 0.6 is 0 Å². The standard InChI is InChI=1S/C17H20N2O3/c20-16-9-15(22-17-6-7-18-12-19-17)8-14(16)11-21-10-13-4-2-1-3-5-13/h1-7,12,14-16,20H,8-11H2/t14-,15-,16+/m1/s1. The van der Waals surface area contributed by atoms with Gasteiger partial charge < -0.3 is 14.6 Å². The van der Waals surface area contributed by atoms with Crippen LogP contribution in [0.25, 0.3) is 0 Å². The van der Waals surface area contributed by atoms with Gasteiger partial charge in [-0.2, -0.15) is 0 Å². The highest BCUT2D eigenvalue weighted by Gasteiger charge is 2.34. The molecule has 1 N–H and O–H groups in total. The lowest BCUT2D eigenvalue weighted by Gasteiger charge is -2.14. The van der Waals surface area contributed by atoms with Crippen LogP contribution in [0.1, 0.15) is 18.4 Å². The molecule has 116 valence electrons. The number of aromatic nitrogens is 2. The first-order valence-corrected chi connectivity index (χ1v) is 7.53. The van der Waals surface area contributed by atoms with E-state index in [0.717, 1.165) is 12.0 Å². The quantitative estimate of drug-likeness (QED) is 0.886. The second-order valence-electron chi connectivity index (χ2n) is 5.59. The van der Waals surface area contributed by atoms with Crippen LogP contribution in [0.15, 0.2) is 48.9 Å². The van der Waals surface area contributed by atoms with Crippen LogP contribution in [0, 0.1) is 5.92 Å². The third-order valence-corrected chi connectivity index (χ3v) is 3.90. The molecule has 0 bridgehead atoms. The molecule has 0 aliphatic heterocycles. The van der Waals surface area contributed by atoms with E-state index in [-0.39, 0.29) is 18.1 Å². The average molecular weight is 300 g/mol. The monoisotopic (exact) mass is 300 g/mol. The van der Waals surface area contributed by atoms with Crippen LogP contribution < -0.4 is 4.74 Å². The van der Waals surface area contributed by atoms with E-state index in [1.54, 1.807) is 12.3 Å². The van der Waals surface area contributed by atoms with E-state index in [4.69, 9.17) is 9.47 Å². The number of benzene rings is 1. The Hall–Kier alpha value is -1.98. The fraction of sp³-hybridized carbons (Fsp3) is 0.412. The number of ether oxygens (including phenoxy) is 2. The van der Waals surface area contributed by atoms with E-state index >= 15 is 0 Å². The molecule has 5 nitrogen and oxygen atoms in total. The molecule has 0 spiro atoms. The summed E-state index contributed by atoms with van der Waals surface area (Å²) in [4.78, 5) is 7.91. The Bertz CT molecular complexity index is 565. The molecule has 0 radical (unpaired) electrons. The molecular formula is C17H20N2O3. The van der Waals surface area contributed by atoms with Crippen LogP contribution in [0.4, 0.5) is 0 Å². The fourth-order valence-electron chi connectivity index (χ4n) is 2.75. The van der Waals surface area contributed by atoms with Crippen LogP contribution in [0.3, 0.4) is 0 Å². The average Bonchev–Trinajstić information content (AvgIpc) is 2.89. The second-order valence-corrected chi connectivity index (χ2v) is 5.59. The van der Waals surface area contributed by atoms with Crippen molar-refractivity contribution in [1.82, 2.24) is 9.97 Å². The first-order valence-electron chi connectivity index (χ1n) is 7.53. The van der Waals surface area contributed by atoms with Crippen molar-refractivity contribution in [2.24, 2.45) is 5.92 Å². The zero-order valence-corrected chi connectivity index (χ0v) is 12.3. The van der Waals surface area contributed by atoms with Crippen molar-refractivity contribution in [2.45, 2.75) is 31.7 Å². The summed E-state index contributed by atoms with van der Waals surface area (Å²) in [5, 5.41) is 10.1. The number of hydrogen-bond donors (Lipinski definition) is 1. The predicted molar refractivity (Wildman–Crippen MR) is 81.3 cm³/mol. The van der Waals surface area contributed by atoms with Gasteiger partial charge >= 0.3 is 0 Å². The lowest BCUT2D eigenvalue weighted by Crippen LogP contribution is -2.18. The Morgan fingerprint density at radius 1 is 1.14 bits per heavy atom. The molecule has 22 heavy (non-hydrogen) atoms. The highest BCUT2D eigenvalue weighted by atomic mass is 16.5. The van der Waals surface area contributed by atoms with Gasteiger partial charge in [0.1, 0.15) is 12.4 Å². The Kier molecular flexibility index (Phi) is 4.98. The summed E-state index contributed by atoms with van der Waals surface area (Å²) in [5.41, 5.74) is 1.14. The third kappa shape index (κ3) is 4.02. The minimum absolute atomic E-state index is 0.0183. The third-order valence-electron chi connectivity index (χ3n) is 3.90. The van der Waals surface area contributed by atoms with E-state index in [9.17, 15) is 5.11 Å². The van der Waals surface area contributed by atoms with Gasteiger partial charge in [-0.25, -0.2) is 9.97 Å². The molecule has 1 aliphatic rings. The first kappa shape index (κ1) is 14.9. The molecule has 1 aliphatic carbocycles. The largest absolute Gasteiger partial charge is 0.474 e. The summed E-state index contributed by atoms with van der Waals surface area (Å²) in [6.07, 6.45) is 4.09. The smallest absolute Gasteiger partial charge is 0.216 e. The van der Waals surface area contributed by atoms with E-state index in [2.05, 4.69) is 9.97 Å². The topological polar surface area (TPSA) is 64.5 Å². The van der Waals surface area contributed by atoms with Gasteiger partial charge in [-0.15, -0.1) is 0 Å². The molecule has 2 aromatic rings. The summed E-state index contributed by atoms with van der Waals surface area (Å²) in [6.45, 7) is 1.11. The van der Waals surface area contributed by atoms with Crippen molar-refractivity contribution in [1.29, 1.82) is 0 Å². The predicted octanol–water partition coefficient (Wildman–Crippen LogP) is 2.21. The molecular weight excluding hydrogens is 280 g/mol. The molecule has 1 heterocycles. The maximum absolute atomic E-state index is 10.1. The van der Waals surface area contributed by atoms with Crippen LogP contribution in [0.5, 0.6) is 5.88 Å². The van der Waals surface area contributed by atoms with E-state index in [0.29, 0.717) is 25.5 Å². The fourth-order valence-corrected chi connectivity index (χ4v) is 2.75. The number of aliphatic hydroxyl groups is 1. The Morgan fingerprint density at radius 2 is 2.00 bits per heavy atom. The van der Waals surface area contributed by atoms with E-state index in [1.165, 1.54) is 6.33 Å². The summed E-state index contributed by atoms with van der Waals surface area (Å²) in [7, 11) is 0. The van der Waals surface area contributed by atoms with Crippen LogP contribution in [0.2, 0.25) is 0 Å². The summed E-state index contributed by atoms with van der Waals surface area (Å²) < 4.78 is 11.5. The number of nitrogens with zero attached hydrogens (tertiary/aromatic N) is 2. The summed E-state index contributed by atoms with van der Waals surface area (Å²) in [6, 6.07) is 11.8.